The molecular formula is C13H25NO. The van der Waals surface area contributed by atoms with Crippen LogP contribution in [0.2, 0.25) is 0 Å². The van der Waals surface area contributed by atoms with Crippen molar-refractivity contribution in [2.75, 3.05) is 20.2 Å². The molecule has 0 aromatic carbocycles. The molecule has 15 heavy (non-hydrogen) atoms. The Morgan fingerprint density at radius 3 is 2.13 bits per heavy atom. The van der Waals surface area contributed by atoms with Crippen LogP contribution in [0, 0.1) is 11.8 Å². The van der Waals surface area contributed by atoms with Gasteiger partial charge in [-0.15, -0.1) is 0 Å². The molecule has 2 fully saturated rings. The molecule has 0 bridgehead atoms. The highest BCUT2D eigenvalue weighted by molar-refractivity contribution is 4.77. The van der Waals surface area contributed by atoms with Crippen LogP contribution >= 0.6 is 0 Å². The molecule has 1 saturated heterocycles. The van der Waals surface area contributed by atoms with E-state index in [0.29, 0.717) is 6.10 Å². The van der Waals surface area contributed by atoms with E-state index < -0.39 is 0 Å². The van der Waals surface area contributed by atoms with Gasteiger partial charge in [-0.05, 0) is 69.9 Å². The third kappa shape index (κ3) is 3.46. The molecular weight excluding hydrogens is 186 g/mol. The number of ether oxygens (including phenoxy) is 1. The van der Waals surface area contributed by atoms with E-state index in [1.165, 1.54) is 58.0 Å². The van der Waals surface area contributed by atoms with E-state index in [-0.39, 0.29) is 0 Å². The first-order valence-electron chi connectivity index (χ1n) is 6.62. The van der Waals surface area contributed by atoms with Gasteiger partial charge in [-0.25, -0.2) is 0 Å². The van der Waals surface area contributed by atoms with Crippen molar-refractivity contribution >= 4 is 0 Å². The standard InChI is InChI=1S/C13H25NO/c1-15-13-4-2-11(3-5-13)10-12-6-8-14-9-7-12/h11-14H,2-10H2,1H3. The Labute approximate surface area is 93.8 Å². The van der Waals surface area contributed by atoms with Crippen LogP contribution in [-0.2, 0) is 4.74 Å². The average molecular weight is 211 g/mol. The number of nitrogens with one attached hydrogen (secondary N) is 1. The SMILES string of the molecule is COC1CCC(CC2CCNCC2)CC1. The first-order chi connectivity index (χ1) is 7.38. The van der Waals surface area contributed by atoms with Crippen molar-refractivity contribution in [2.45, 2.75) is 51.0 Å². The number of methoxy groups -OCH3 is 1. The molecule has 0 aromatic rings. The van der Waals surface area contributed by atoms with Gasteiger partial charge in [0.1, 0.15) is 0 Å². The molecule has 0 radical (unpaired) electrons. The van der Waals surface area contributed by atoms with Crippen LogP contribution in [0.5, 0.6) is 0 Å². The highest BCUT2D eigenvalue weighted by Crippen LogP contribution is 2.32. The summed E-state index contributed by atoms with van der Waals surface area (Å²) in [5.41, 5.74) is 0. The number of hydrogen-bond acceptors (Lipinski definition) is 2. The van der Waals surface area contributed by atoms with Gasteiger partial charge in [0.15, 0.2) is 0 Å². The molecule has 2 heteroatoms. The zero-order valence-electron chi connectivity index (χ0n) is 10.0. The molecule has 1 N–H and O–H groups in total. The van der Waals surface area contributed by atoms with Crippen molar-refractivity contribution in [1.82, 2.24) is 5.32 Å². The van der Waals surface area contributed by atoms with Crippen molar-refractivity contribution in [3.05, 3.63) is 0 Å². The Balaban J connectivity index is 1.67. The maximum Gasteiger partial charge on any atom is 0.0571 e. The topological polar surface area (TPSA) is 21.3 Å². The molecule has 0 atom stereocenters. The Hall–Kier alpha value is -0.0800. The summed E-state index contributed by atoms with van der Waals surface area (Å²) in [6, 6.07) is 0. The van der Waals surface area contributed by atoms with Crippen molar-refractivity contribution < 1.29 is 4.74 Å². The van der Waals surface area contributed by atoms with E-state index in [9.17, 15) is 0 Å². The van der Waals surface area contributed by atoms with E-state index in [4.69, 9.17) is 4.74 Å². The molecule has 2 rings (SSSR count). The Kier molecular flexibility index (Phi) is 4.45. The fraction of sp³-hybridized carbons (Fsp3) is 1.00. The van der Waals surface area contributed by atoms with Gasteiger partial charge in [-0.2, -0.15) is 0 Å². The molecule has 1 aliphatic carbocycles. The smallest absolute Gasteiger partial charge is 0.0571 e. The number of rotatable bonds is 3. The number of hydrogen-bond donors (Lipinski definition) is 1. The van der Waals surface area contributed by atoms with Gasteiger partial charge in [0, 0.05) is 7.11 Å². The lowest BCUT2D eigenvalue weighted by atomic mass is 9.79. The van der Waals surface area contributed by atoms with Gasteiger partial charge in [-0.3, -0.25) is 0 Å². The summed E-state index contributed by atoms with van der Waals surface area (Å²) in [6.07, 6.45) is 10.3. The van der Waals surface area contributed by atoms with Crippen molar-refractivity contribution in [2.24, 2.45) is 11.8 Å². The van der Waals surface area contributed by atoms with E-state index >= 15 is 0 Å². The highest BCUT2D eigenvalue weighted by Gasteiger charge is 2.24. The van der Waals surface area contributed by atoms with Gasteiger partial charge in [-0.1, -0.05) is 0 Å². The predicted octanol–water partition coefficient (Wildman–Crippen LogP) is 2.58. The van der Waals surface area contributed by atoms with Crippen molar-refractivity contribution in [3.63, 3.8) is 0 Å². The minimum absolute atomic E-state index is 0.564. The van der Waals surface area contributed by atoms with Crippen LogP contribution in [0.15, 0.2) is 0 Å². The monoisotopic (exact) mass is 211 g/mol. The van der Waals surface area contributed by atoms with Crippen molar-refractivity contribution in [3.8, 4) is 0 Å². The van der Waals surface area contributed by atoms with Gasteiger partial charge in [0.25, 0.3) is 0 Å². The lowest BCUT2D eigenvalue weighted by Gasteiger charge is -2.31. The third-order valence-electron chi connectivity index (χ3n) is 4.25. The lowest BCUT2D eigenvalue weighted by molar-refractivity contribution is 0.0519. The summed E-state index contributed by atoms with van der Waals surface area (Å²) in [5, 5.41) is 3.45. The zero-order valence-corrected chi connectivity index (χ0v) is 10.0. The maximum atomic E-state index is 5.42. The maximum absolute atomic E-state index is 5.42. The molecule has 0 amide bonds. The van der Waals surface area contributed by atoms with Gasteiger partial charge in [0.05, 0.1) is 6.10 Å². The summed E-state index contributed by atoms with van der Waals surface area (Å²) in [6.45, 7) is 2.50. The van der Waals surface area contributed by atoms with E-state index in [0.717, 1.165) is 11.8 Å². The molecule has 2 nitrogen and oxygen atoms in total. The lowest BCUT2D eigenvalue weighted by Crippen LogP contribution is -2.30. The summed E-state index contributed by atoms with van der Waals surface area (Å²) in [5.74, 6) is 2.01. The molecule has 0 aromatic heterocycles. The van der Waals surface area contributed by atoms with Crippen LogP contribution in [0.25, 0.3) is 0 Å². The normalized spacial score (nSPS) is 34.2. The fourth-order valence-electron chi connectivity index (χ4n) is 3.19. The molecule has 1 saturated carbocycles. The molecule has 0 spiro atoms. The second-order valence-electron chi connectivity index (χ2n) is 5.31. The minimum atomic E-state index is 0.564. The minimum Gasteiger partial charge on any atom is -0.381 e. The van der Waals surface area contributed by atoms with Crippen molar-refractivity contribution in [1.29, 1.82) is 0 Å². The summed E-state index contributed by atoms with van der Waals surface area (Å²) in [7, 11) is 1.86. The second kappa shape index (κ2) is 5.86. The van der Waals surface area contributed by atoms with Gasteiger partial charge >= 0.3 is 0 Å². The molecule has 88 valence electrons. The molecule has 2 aliphatic rings. The Bertz CT molecular complexity index is 169. The van der Waals surface area contributed by atoms with E-state index in [1.54, 1.807) is 0 Å². The summed E-state index contributed by atoms with van der Waals surface area (Å²) >= 11 is 0. The third-order valence-corrected chi connectivity index (χ3v) is 4.25. The molecule has 1 aliphatic heterocycles. The average Bonchev–Trinajstić information content (AvgIpc) is 2.31. The predicted molar refractivity (Wildman–Crippen MR) is 63.0 cm³/mol. The van der Waals surface area contributed by atoms with Gasteiger partial charge < -0.3 is 10.1 Å². The van der Waals surface area contributed by atoms with E-state index in [1.807, 2.05) is 7.11 Å². The zero-order chi connectivity index (χ0) is 10.5. The fourth-order valence-corrected chi connectivity index (χ4v) is 3.19. The van der Waals surface area contributed by atoms with Crippen LogP contribution in [-0.4, -0.2) is 26.3 Å². The van der Waals surface area contributed by atoms with Crippen LogP contribution in [0.1, 0.15) is 44.9 Å². The highest BCUT2D eigenvalue weighted by atomic mass is 16.5. The van der Waals surface area contributed by atoms with E-state index in [2.05, 4.69) is 5.32 Å². The second-order valence-corrected chi connectivity index (χ2v) is 5.31. The Morgan fingerprint density at radius 2 is 1.53 bits per heavy atom. The summed E-state index contributed by atoms with van der Waals surface area (Å²) in [4.78, 5) is 0. The van der Waals surface area contributed by atoms with Crippen LogP contribution < -0.4 is 5.32 Å². The Morgan fingerprint density at radius 1 is 0.933 bits per heavy atom. The largest absolute Gasteiger partial charge is 0.381 e. The van der Waals surface area contributed by atoms with Crippen LogP contribution in [0.4, 0.5) is 0 Å². The first-order valence-corrected chi connectivity index (χ1v) is 6.62. The molecule has 1 heterocycles. The quantitative estimate of drug-likeness (QED) is 0.774. The molecule has 0 unspecified atom stereocenters. The first kappa shape index (κ1) is 11.4. The summed E-state index contributed by atoms with van der Waals surface area (Å²) < 4.78 is 5.42. The van der Waals surface area contributed by atoms with Crippen LogP contribution in [0.3, 0.4) is 0 Å². The van der Waals surface area contributed by atoms with Gasteiger partial charge in [0.2, 0.25) is 0 Å². The number of piperidine rings is 1.